The number of piperazine rings is 1. The van der Waals surface area contributed by atoms with E-state index in [1.165, 1.54) is 20.8 Å². The first kappa shape index (κ1) is 25.2. The van der Waals surface area contributed by atoms with E-state index in [4.69, 9.17) is 16.3 Å². The highest BCUT2D eigenvalue weighted by Gasteiger charge is 2.28. The number of hydrogen-bond donors (Lipinski definition) is 0. The second-order valence-corrected chi connectivity index (χ2v) is 11.9. The van der Waals surface area contributed by atoms with Gasteiger partial charge in [0, 0.05) is 55.7 Å². The van der Waals surface area contributed by atoms with Crippen molar-refractivity contribution < 1.29 is 13.2 Å². The van der Waals surface area contributed by atoms with Gasteiger partial charge in [-0.3, -0.25) is 9.80 Å². The summed E-state index contributed by atoms with van der Waals surface area (Å²) in [7, 11) is -1.39. The fraction of sp³-hybridized carbons (Fsp3) is 0.360. The van der Waals surface area contributed by atoms with E-state index in [1.54, 1.807) is 29.5 Å². The highest BCUT2D eigenvalue weighted by Crippen LogP contribution is 2.21. The van der Waals surface area contributed by atoms with Crippen molar-refractivity contribution in [2.75, 3.05) is 46.4 Å². The molecule has 0 amide bonds. The molecule has 1 aliphatic heterocycles. The van der Waals surface area contributed by atoms with Crippen LogP contribution < -0.4 is 4.74 Å². The van der Waals surface area contributed by atoms with Crippen LogP contribution in [0.25, 0.3) is 0 Å². The molecule has 0 spiro atoms. The van der Waals surface area contributed by atoms with E-state index in [1.807, 2.05) is 12.1 Å². The van der Waals surface area contributed by atoms with Crippen molar-refractivity contribution in [2.45, 2.75) is 18.0 Å². The van der Waals surface area contributed by atoms with Gasteiger partial charge in [-0.25, -0.2) is 8.42 Å². The van der Waals surface area contributed by atoms with E-state index in [-0.39, 0.29) is 4.90 Å². The zero-order valence-electron chi connectivity index (χ0n) is 19.3. The molecular formula is C25H30ClN3O3S2. The van der Waals surface area contributed by atoms with Crippen LogP contribution in [0.3, 0.4) is 0 Å². The molecule has 182 valence electrons. The SMILES string of the molecule is CN(Cc1cccc(OCCN2CCN(S(=O)(=O)c3cccc(Cl)c3)CC2)c1)Cc1cccs1. The van der Waals surface area contributed by atoms with Crippen molar-refractivity contribution in [3.8, 4) is 5.75 Å². The summed E-state index contributed by atoms with van der Waals surface area (Å²) in [5.41, 5.74) is 1.22. The summed E-state index contributed by atoms with van der Waals surface area (Å²) < 4.78 is 33.3. The highest BCUT2D eigenvalue weighted by atomic mass is 35.5. The Morgan fingerprint density at radius 3 is 2.53 bits per heavy atom. The Hall–Kier alpha value is -1.94. The Kier molecular flexibility index (Phi) is 8.63. The van der Waals surface area contributed by atoms with E-state index in [9.17, 15) is 8.42 Å². The van der Waals surface area contributed by atoms with Gasteiger partial charge < -0.3 is 4.74 Å². The molecule has 3 aromatic rings. The quantitative estimate of drug-likeness (QED) is 0.397. The molecule has 6 nitrogen and oxygen atoms in total. The minimum atomic E-state index is -3.52. The van der Waals surface area contributed by atoms with E-state index in [2.05, 4.69) is 46.5 Å². The van der Waals surface area contributed by atoms with Crippen molar-refractivity contribution >= 4 is 33.0 Å². The Balaban J connectivity index is 1.21. The van der Waals surface area contributed by atoms with Gasteiger partial charge in [0.25, 0.3) is 0 Å². The largest absolute Gasteiger partial charge is 0.492 e. The molecule has 1 fully saturated rings. The van der Waals surface area contributed by atoms with E-state index in [0.717, 1.165) is 25.4 Å². The molecule has 9 heteroatoms. The Morgan fingerprint density at radius 1 is 1.00 bits per heavy atom. The third-order valence-corrected chi connectivity index (χ3v) is 8.79. The lowest BCUT2D eigenvalue weighted by Gasteiger charge is -2.33. The van der Waals surface area contributed by atoms with Crippen LogP contribution in [0.1, 0.15) is 10.4 Å². The molecular weight excluding hydrogens is 490 g/mol. The second kappa shape index (κ2) is 11.7. The molecule has 0 unspecified atom stereocenters. The Labute approximate surface area is 211 Å². The maximum absolute atomic E-state index is 12.9. The maximum atomic E-state index is 12.9. The van der Waals surface area contributed by atoms with Gasteiger partial charge in [0.05, 0.1) is 4.90 Å². The molecule has 2 heterocycles. The summed E-state index contributed by atoms with van der Waals surface area (Å²) in [6.45, 7) is 5.39. The van der Waals surface area contributed by atoms with Crippen LogP contribution >= 0.6 is 22.9 Å². The highest BCUT2D eigenvalue weighted by molar-refractivity contribution is 7.89. The number of nitrogens with zero attached hydrogens (tertiary/aromatic N) is 3. The molecule has 4 rings (SSSR count). The Bertz CT molecular complexity index is 1160. The molecule has 0 saturated carbocycles. The van der Waals surface area contributed by atoms with Crippen LogP contribution in [0, 0.1) is 0 Å². The van der Waals surface area contributed by atoms with Gasteiger partial charge in [-0.15, -0.1) is 11.3 Å². The molecule has 0 aliphatic carbocycles. The lowest BCUT2D eigenvalue weighted by molar-refractivity contribution is 0.159. The third kappa shape index (κ3) is 6.81. The molecule has 2 aromatic carbocycles. The first-order valence-corrected chi connectivity index (χ1v) is 14.0. The molecule has 1 aromatic heterocycles. The first-order chi connectivity index (χ1) is 16.4. The van der Waals surface area contributed by atoms with Crippen molar-refractivity contribution in [3.05, 3.63) is 81.5 Å². The lowest BCUT2D eigenvalue weighted by atomic mass is 10.2. The lowest BCUT2D eigenvalue weighted by Crippen LogP contribution is -2.49. The predicted molar refractivity (Wildman–Crippen MR) is 138 cm³/mol. The van der Waals surface area contributed by atoms with E-state index < -0.39 is 10.0 Å². The van der Waals surface area contributed by atoms with Gasteiger partial charge in [-0.05, 0) is 54.4 Å². The smallest absolute Gasteiger partial charge is 0.243 e. The topological polar surface area (TPSA) is 53.1 Å². The van der Waals surface area contributed by atoms with Crippen molar-refractivity contribution in [1.82, 2.24) is 14.1 Å². The van der Waals surface area contributed by atoms with Gasteiger partial charge in [0.2, 0.25) is 10.0 Å². The number of halogens is 1. The minimum absolute atomic E-state index is 0.248. The summed E-state index contributed by atoms with van der Waals surface area (Å²) in [6.07, 6.45) is 0. The van der Waals surface area contributed by atoms with Gasteiger partial charge >= 0.3 is 0 Å². The van der Waals surface area contributed by atoms with Gasteiger partial charge in [-0.1, -0.05) is 35.9 Å². The molecule has 0 N–H and O–H groups in total. The van der Waals surface area contributed by atoms with Crippen LogP contribution in [-0.4, -0.2) is 68.9 Å². The van der Waals surface area contributed by atoms with Gasteiger partial charge in [0.15, 0.2) is 0 Å². The fourth-order valence-corrected chi connectivity index (χ4v) is 6.54. The molecule has 1 aliphatic rings. The monoisotopic (exact) mass is 519 g/mol. The Morgan fingerprint density at radius 2 is 1.79 bits per heavy atom. The summed E-state index contributed by atoms with van der Waals surface area (Å²) >= 11 is 7.75. The van der Waals surface area contributed by atoms with Crippen molar-refractivity contribution in [1.29, 1.82) is 0 Å². The molecule has 0 radical (unpaired) electrons. The van der Waals surface area contributed by atoms with E-state index in [0.29, 0.717) is 37.8 Å². The minimum Gasteiger partial charge on any atom is -0.492 e. The number of ether oxygens (including phenoxy) is 1. The predicted octanol–water partition coefficient (Wildman–Crippen LogP) is 4.42. The number of rotatable bonds is 10. The molecule has 1 saturated heterocycles. The summed E-state index contributed by atoms with van der Waals surface area (Å²) in [5, 5.41) is 2.53. The van der Waals surface area contributed by atoms with Crippen LogP contribution in [0.4, 0.5) is 0 Å². The zero-order chi connectivity index (χ0) is 24.0. The summed E-state index contributed by atoms with van der Waals surface area (Å²) in [4.78, 5) is 6.14. The van der Waals surface area contributed by atoms with Crippen LogP contribution in [-0.2, 0) is 23.1 Å². The van der Waals surface area contributed by atoms with Gasteiger partial charge in [0.1, 0.15) is 12.4 Å². The van der Waals surface area contributed by atoms with Crippen LogP contribution in [0.2, 0.25) is 5.02 Å². The third-order valence-electron chi connectivity index (χ3n) is 5.80. The second-order valence-electron chi connectivity index (χ2n) is 8.45. The fourth-order valence-electron chi connectivity index (χ4n) is 4.03. The van der Waals surface area contributed by atoms with Crippen LogP contribution in [0.5, 0.6) is 5.75 Å². The van der Waals surface area contributed by atoms with E-state index >= 15 is 0 Å². The average molecular weight is 520 g/mol. The first-order valence-electron chi connectivity index (χ1n) is 11.3. The van der Waals surface area contributed by atoms with Gasteiger partial charge in [-0.2, -0.15) is 4.31 Å². The molecule has 0 atom stereocenters. The number of benzene rings is 2. The standard InChI is InChI=1S/C25H30ClN3O3S2/c1-27(20-24-8-4-16-33-24)19-21-5-2-7-23(17-21)32-15-14-28-10-12-29(13-11-28)34(30,31)25-9-3-6-22(26)18-25/h2-9,16-18H,10-15,19-20H2,1H3. The zero-order valence-corrected chi connectivity index (χ0v) is 21.7. The normalized spacial score (nSPS) is 15.6. The molecule has 0 bridgehead atoms. The number of thiophene rings is 1. The maximum Gasteiger partial charge on any atom is 0.243 e. The number of hydrogen-bond acceptors (Lipinski definition) is 6. The number of sulfonamides is 1. The summed E-state index contributed by atoms with van der Waals surface area (Å²) in [5.74, 6) is 0.865. The van der Waals surface area contributed by atoms with Crippen molar-refractivity contribution in [3.63, 3.8) is 0 Å². The van der Waals surface area contributed by atoms with Crippen molar-refractivity contribution in [2.24, 2.45) is 0 Å². The summed E-state index contributed by atoms with van der Waals surface area (Å²) in [6, 6.07) is 18.9. The molecule has 34 heavy (non-hydrogen) atoms. The average Bonchev–Trinajstić information content (AvgIpc) is 3.32. The van der Waals surface area contributed by atoms with Crippen LogP contribution in [0.15, 0.2) is 70.9 Å².